The van der Waals surface area contributed by atoms with Crippen molar-refractivity contribution < 1.29 is 4.74 Å². The molecule has 0 aromatic heterocycles. The molecule has 0 aliphatic carbocycles. The van der Waals surface area contributed by atoms with Crippen LogP contribution in [0.1, 0.15) is 24.0 Å². The lowest BCUT2D eigenvalue weighted by Crippen LogP contribution is -2.39. The highest BCUT2D eigenvalue weighted by Crippen LogP contribution is 2.25. The maximum absolute atomic E-state index is 5.42. The van der Waals surface area contributed by atoms with Crippen molar-refractivity contribution in [2.45, 2.75) is 31.2 Å². The molecule has 0 amide bonds. The zero-order valence-electron chi connectivity index (χ0n) is 15.6. The predicted molar refractivity (Wildman–Crippen MR) is 122 cm³/mol. The van der Waals surface area contributed by atoms with Crippen molar-refractivity contribution >= 4 is 41.7 Å². The van der Waals surface area contributed by atoms with Gasteiger partial charge in [-0.05, 0) is 29.7 Å². The molecule has 0 saturated carbocycles. The summed E-state index contributed by atoms with van der Waals surface area (Å²) >= 11 is 2.07. The molecule has 2 saturated heterocycles. The molecule has 5 nitrogen and oxygen atoms in total. The van der Waals surface area contributed by atoms with Gasteiger partial charge in [0.05, 0.1) is 13.2 Å². The molecule has 2 N–H and O–H groups in total. The Labute approximate surface area is 178 Å². The maximum Gasteiger partial charge on any atom is 0.191 e. The molecular weight excluding hydrogens is 459 g/mol. The van der Waals surface area contributed by atoms with Crippen LogP contribution in [0.2, 0.25) is 0 Å². The van der Waals surface area contributed by atoms with Gasteiger partial charge in [-0.3, -0.25) is 9.89 Å². The van der Waals surface area contributed by atoms with E-state index >= 15 is 0 Å². The second-order valence-corrected chi connectivity index (χ2v) is 8.06. The SMILES string of the molecule is CN=C(NCc1cccc(CN2CCOCC2)c1)NCC1CCCS1.I. The summed E-state index contributed by atoms with van der Waals surface area (Å²) in [6.45, 7) is 6.56. The summed E-state index contributed by atoms with van der Waals surface area (Å²) in [4.78, 5) is 6.80. The minimum absolute atomic E-state index is 0. The fourth-order valence-electron chi connectivity index (χ4n) is 3.28. The lowest BCUT2D eigenvalue weighted by Gasteiger charge is -2.26. The molecule has 1 atom stereocenters. The van der Waals surface area contributed by atoms with Crippen LogP contribution in [0.4, 0.5) is 0 Å². The van der Waals surface area contributed by atoms with Gasteiger partial charge in [-0.25, -0.2) is 0 Å². The molecule has 2 fully saturated rings. The minimum Gasteiger partial charge on any atom is -0.379 e. The summed E-state index contributed by atoms with van der Waals surface area (Å²) in [7, 11) is 1.84. The van der Waals surface area contributed by atoms with E-state index in [9.17, 15) is 0 Å². The van der Waals surface area contributed by atoms with E-state index in [4.69, 9.17) is 4.74 Å². The summed E-state index contributed by atoms with van der Waals surface area (Å²) in [5, 5.41) is 7.63. The maximum atomic E-state index is 5.42. The van der Waals surface area contributed by atoms with Crippen LogP contribution in [0.25, 0.3) is 0 Å². The van der Waals surface area contributed by atoms with Gasteiger partial charge in [0.2, 0.25) is 0 Å². The minimum atomic E-state index is 0. The zero-order chi connectivity index (χ0) is 17.3. The van der Waals surface area contributed by atoms with Crippen LogP contribution < -0.4 is 10.6 Å². The Balaban J connectivity index is 0.00000243. The number of guanidine groups is 1. The molecule has 1 aromatic carbocycles. The normalized spacial score (nSPS) is 21.3. The van der Waals surface area contributed by atoms with Crippen molar-refractivity contribution in [1.29, 1.82) is 0 Å². The van der Waals surface area contributed by atoms with Crippen molar-refractivity contribution in [2.24, 2.45) is 4.99 Å². The number of ether oxygens (including phenoxy) is 1. The highest BCUT2D eigenvalue weighted by Gasteiger charge is 2.15. The molecule has 146 valence electrons. The molecule has 2 heterocycles. The highest BCUT2D eigenvalue weighted by atomic mass is 127. The molecule has 0 bridgehead atoms. The molecule has 2 aliphatic rings. The van der Waals surface area contributed by atoms with Gasteiger partial charge >= 0.3 is 0 Å². The van der Waals surface area contributed by atoms with Gasteiger partial charge in [-0.1, -0.05) is 24.3 Å². The van der Waals surface area contributed by atoms with Crippen molar-refractivity contribution in [3.05, 3.63) is 35.4 Å². The largest absolute Gasteiger partial charge is 0.379 e. The summed E-state index contributed by atoms with van der Waals surface area (Å²) in [6, 6.07) is 8.83. The van der Waals surface area contributed by atoms with Crippen LogP contribution in [0.15, 0.2) is 29.3 Å². The monoisotopic (exact) mass is 490 g/mol. The van der Waals surface area contributed by atoms with Crippen molar-refractivity contribution in [3.8, 4) is 0 Å². The van der Waals surface area contributed by atoms with Gasteiger partial charge in [-0.2, -0.15) is 11.8 Å². The topological polar surface area (TPSA) is 48.9 Å². The number of hydrogen-bond acceptors (Lipinski definition) is 4. The molecule has 0 spiro atoms. The third-order valence-electron chi connectivity index (χ3n) is 4.71. The zero-order valence-corrected chi connectivity index (χ0v) is 18.7. The van der Waals surface area contributed by atoms with Crippen molar-refractivity contribution in [1.82, 2.24) is 15.5 Å². The van der Waals surface area contributed by atoms with E-state index in [2.05, 4.69) is 56.6 Å². The third kappa shape index (κ3) is 7.25. The summed E-state index contributed by atoms with van der Waals surface area (Å²) in [5.41, 5.74) is 2.66. The third-order valence-corrected chi connectivity index (χ3v) is 6.10. The Morgan fingerprint density at radius 3 is 2.81 bits per heavy atom. The Bertz CT molecular complexity index is 560. The van der Waals surface area contributed by atoms with E-state index in [-0.39, 0.29) is 24.0 Å². The van der Waals surface area contributed by atoms with Crippen LogP contribution in [0, 0.1) is 0 Å². The van der Waals surface area contributed by atoms with Gasteiger partial charge < -0.3 is 15.4 Å². The number of morpholine rings is 1. The number of hydrogen-bond donors (Lipinski definition) is 2. The van der Waals surface area contributed by atoms with Crippen LogP contribution in [-0.4, -0.2) is 61.8 Å². The van der Waals surface area contributed by atoms with Gasteiger partial charge in [0.15, 0.2) is 5.96 Å². The van der Waals surface area contributed by atoms with E-state index < -0.39 is 0 Å². The van der Waals surface area contributed by atoms with Crippen molar-refractivity contribution in [3.63, 3.8) is 0 Å². The van der Waals surface area contributed by atoms with Gasteiger partial charge in [0, 0.05) is 45.0 Å². The molecule has 1 aromatic rings. The number of rotatable bonds is 6. The first-order valence-electron chi connectivity index (χ1n) is 9.27. The summed E-state index contributed by atoms with van der Waals surface area (Å²) in [6.07, 6.45) is 2.66. The highest BCUT2D eigenvalue weighted by molar-refractivity contribution is 14.0. The Morgan fingerprint density at radius 2 is 2.08 bits per heavy atom. The van der Waals surface area contributed by atoms with Gasteiger partial charge in [0.25, 0.3) is 0 Å². The number of nitrogens with zero attached hydrogens (tertiary/aromatic N) is 2. The number of nitrogens with one attached hydrogen (secondary N) is 2. The summed E-state index contributed by atoms with van der Waals surface area (Å²) in [5.74, 6) is 2.19. The number of thioether (sulfide) groups is 1. The lowest BCUT2D eigenvalue weighted by molar-refractivity contribution is 0.0342. The quantitative estimate of drug-likeness (QED) is 0.365. The Morgan fingerprint density at radius 1 is 1.27 bits per heavy atom. The van der Waals surface area contributed by atoms with E-state index in [0.29, 0.717) is 0 Å². The standard InChI is InChI=1S/C19H30N4OS.HI/c1-20-19(22-14-18-6-3-11-25-18)21-13-16-4-2-5-17(12-16)15-23-7-9-24-10-8-23;/h2,4-5,12,18H,3,6-11,13-15H2,1H3,(H2,20,21,22);1H. The fourth-order valence-corrected chi connectivity index (χ4v) is 4.48. The summed E-state index contributed by atoms with van der Waals surface area (Å²) < 4.78 is 5.42. The van der Waals surface area contributed by atoms with E-state index in [1.807, 2.05) is 7.05 Å². The van der Waals surface area contributed by atoms with Gasteiger partial charge in [-0.15, -0.1) is 24.0 Å². The first kappa shape index (κ1) is 21.8. The molecular formula is C19H31IN4OS. The lowest BCUT2D eigenvalue weighted by atomic mass is 10.1. The molecule has 0 radical (unpaired) electrons. The van der Waals surface area contributed by atoms with Crippen LogP contribution in [0.3, 0.4) is 0 Å². The van der Waals surface area contributed by atoms with Crippen LogP contribution in [-0.2, 0) is 17.8 Å². The van der Waals surface area contributed by atoms with Gasteiger partial charge in [0.1, 0.15) is 0 Å². The van der Waals surface area contributed by atoms with E-state index in [1.165, 1.54) is 29.7 Å². The first-order chi connectivity index (χ1) is 12.3. The average molecular weight is 490 g/mol. The average Bonchev–Trinajstić information content (AvgIpc) is 3.17. The first-order valence-corrected chi connectivity index (χ1v) is 10.3. The second kappa shape index (κ2) is 12.0. The number of benzene rings is 1. The smallest absolute Gasteiger partial charge is 0.191 e. The second-order valence-electron chi connectivity index (χ2n) is 6.65. The molecule has 2 aliphatic heterocycles. The van der Waals surface area contributed by atoms with E-state index in [1.54, 1.807) is 0 Å². The molecule has 1 unspecified atom stereocenters. The molecule has 7 heteroatoms. The van der Waals surface area contributed by atoms with E-state index in [0.717, 1.165) is 57.1 Å². The Kier molecular flexibility index (Phi) is 10.1. The van der Waals surface area contributed by atoms with Crippen molar-refractivity contribution in [2.75, 3.05) is 45.6 Å². The molecule has 26 heavy (non-hydrogen) atoms. The number of aliphatic imine (C=N–C) groups is 1. The van der Waals surface area contributed by atoms with Crippen LogP contribution >= 0.6 is 35.7 Å². The Hall–Kier alpha value is -0.510. The fraction of sp³-hybridized carbons (Fsp3) is 0.632. The number of halogens is 1. The molecule has 3 rings (SSSR count). The predicted octanol–water partition coefficient (Wildman–Crippen LogP) is 2.70. The van der Waals surface area contributed by atoms with Crippen LogP contribution in [0.5, 0.6) is 0 Å².